The highest BCUT2D eigenvalue weighted by molar-refractivity contribution is 5.60. The van der Waals surface area contributed by atoms with E-state index >= 15 is 0 Å². The Morgan fingerprint density at radius 3 is 2.50 bits per heavy atom. The van der Waals surface area contributed by atoms with Gasteiger partial charge in [0.15, 0.2) is 0 Å². The fourth-order valence-electron chi connectivity index (χ4n) is 2.73. The number of anilines is 2. The van der Waals surface area contributed by atoms with E-state index in [4.69, 9.17) is 5.73 Å². The third kappa shape index (κ3) is 2.53. The van der Waals surface area contributed by atoms with Gasteiger partial charge in [0.25, 0.3) is 0 Å². The molecule has 7 nitrogen and oxygen atoms in total. The van der Waals surface area contributed by atoms with E-state index < -0.39 is 4.92 Å². The van der Waals surface area contributed by atoms with Crippen LogP contribution in [-0.2, 0) is 0 Å². The predicted octanol–water partition coefficient (Wildman–Crippen LogP) is 1.49. The number of likely N-dealkylation sites (N-methyl/N-ethyl adjacent to an activating group) is 2. The molecule has 1 heterocycles. The minimum absolute atomic E-state index is 0.00469. The van der Waals surface area contributed by atoms with Gasteiger partial charge in [-0.25, -0.2) is 4.98 Å². The molecule has 0 aliphatic heterocycles. The molecule has 0 saturated heterocycles. The molecule has 0 amide bonds. The summed E-state index contributed by atoms with van der Waals surface area (Å²) in [6.45, 7) is 0.706. The van der Waals surface area contributed by atoms with Gasteiger partial charge in [-0.15, -0.1) is 0 Å². The maximum atomic E-state index is 11.1. The highest BCUT2D eigenvalue weighted by Gasteiger charge is 2.40. The first-order chi connectivity index (χ1) is 9.35. The van der Waals surface area contributed by atoms with E-state index in [9.17, 15) is 10.1 Å². The van der Waals surface area contributed by atoms with Gasteiger partial charge in [0.1, 0.15) is 5.82 Å². The lowest BCUT2D eigenvalue weighted by atomic mass is 9.75. The Morgan fingerprint density at radius 1 is 1.40 bits per heavy atom. The molecule has 2 N–H and O–H groups in total. The van der Waals surface area contributed by atoms with Crippen LogP contribution in [0.1, 0.15) is 19.3 Å². The fraction of sp³-hybridized carbons (Fsp3) is 0.615. The van der Waals surface area contributed by atoms with Crippen LogP contribution in [-0.4, -0.2) is 48.0 Å². The van der Waals surface area contributed by atoms with E-state index in [1.54, 1.807) is 0 Å². The molecule has 1 aromatic rings. The second kappa shape index (κ2) is 5.24. The highest BCUT2D eigenvalue weighted by Crippen LogP contribution is 2.38. The predicted molar refractivity (Wildman–Crippen MR) is 78.8 cm³/mol. The van der Waals surface area contributed by atoms with Crippen LogP contribution in [0, 0.1) is 10.1 Å². The number of nitrogens with two attached hydrogens (primary N) is 1. The molecule has 1 saturated carbocycles. The highest BCUT2D eigenvalue weighted by atomic mass is 16.6. The summed E-state index contributed by atoms with van der Waals surface area (Å²) in [6.07, 6.45) is 3.39. The first-order valence-electron chi connectivity index (χ1n) is 6.65. The summed E-state index contributed by atoms with van der Waals surface area (Å²) in [5.74, 6) is 0.632. The molecule has 1 aliphatic carbocycles. The SMILES string of the molecule is CN(CC1(N(C)C)CCC1)c1nc(N)ccc1[N+](=O)[O-]. The number of hydrogen-bond donors (Lipinski definition) is 1. The maximum Gasteiger partial charge on any atom is 0.311 e. The first kappa shape index (κ1) is 14.5. The molecule has 20 heavy (non-hydrogen) atoms. The topological polar surface area (TPSA) is 88.5 Å². The molecule has 0 spiro atoms. The number of rotatable bonds is 5. The minimum atomic E-state index is -0.415. The summed E-state index contributed by atoms with van der Waals surface area (Å²) >= 11 is 0. The molecule has 110 valence electrons. The van der Waals surface area contributed by atoms with Gasteiger partial charge in [-0.3, -0.25) is 10.1 Å². The molecule has 0 aromatic carbocycles. The van der Waals surface area contributed by atoms with E-state index in [2.05, 4.69) is 9.88 Å². The van der Waals surface area contributed by atoms with Crippen LogP contribution in [0.4, 0.5) is 17.3 Å². The van der Waals surface area contributed by atoms with Gasteiger partial charge in [0.05, 0.1) is 4.92 Å². The van der Waals surface area contributed by atoms with Crippen molar-refractivity contribution in [1.29, 1.82) is 0 Å². The van der Waals surface area contributed by atoms with Gasteiger partial charge in [-0.05, 0) is 39.4 Å². The summed E-state index contributed by atoms with van der Waals surface area (Å²) in [7, 11) is 5.93. The van der Waals surface area contributed by atoms with E-state index in [1.165, 1.54) is 18.6 Å². The number of nitro groups is 1. The van der Waals surface area contributed by atoms with Crippen molar-refractivity contribution >= 4 is 17.3 Å². The minimum Gasteiger partial charge on any atom is -0.384 e. The van der Waals surface area contributed by atoms with Crippen molar-refractivity contribution in [3.05, 3.63) is 22.2 Å². The summed E-state index contributed by atoms with van der Waals surface area (Å²) < 4.78 is 0. The normalized spacial score (nSPS) is 16.8. The molecule has 0 unspecified atom stereocenters. The molecule has 1 fully saturated rings. The van der Waals surface area contributed by atoms with Gasteiger partial charge in [0.2, 0.25) is 5.82 Å². The molecule has 1 aliphatic rings. The van der Waals surface area contributed by atoms with Crippen molar-refractivity contribution in [3.8, 4) is 0 Å². The second-order valence-electron chi connectivity index (χ2n) is 5.66. The zero-order valence-electron chi connectivity index (χ0n) is 12.2. The van der Waals surface area contributed by atoms with Crippen molar-refractivity contribution in [1.82, 2.24) is 9.88 Å². The lowest BCUT2D eigenvalue weighted by molar-refractivity contribution is -0.384. The Morgan fingerprint density at radius 2 is 2.05 bits per heavy atom. The molecule has 2 rings (SSSR count). The van der Waals surface area contributed by atoms with Crippen LogP contribution in [0.5, 0.6) is 0 Å². The molecular weight excluding hydrogens is 258 g/mol. The molecule has 0 atom stereocenters. The molecule has 7 heteroatoms. The third-order valence-electron chi connectivity index (χ3n) is 4.20. The number of hydrogen-bond acceptors (Lipinski definition) is 6. The monoisotopic (exact) mass is 279 g/mol. The number of pyridine rings is 1. The molecular formula is C13H21N5O2. The lowest BCUT2D eigenvalue weighted by Gasteiger charge is -2.49. The van der Waals surface area contributed by atoms with E-state index in [0.29, 0.717) is 18.2 Å². The smallest absolute Gasteiger partial charge is 0.311 e. The van der Waals surface area contributed by atoms with Crippen LogP contribution in [0.15, 0.2) is 12.1 Å². The molecule has 0 radical (unpaired) electrons. The maximum absolute atomic E-state index is 11.1. The summed E-state index contributed by atoms with van der Waals surface area (Å²) in [6, 6.07) is 2.87. The Labute approximate surface area is 118 Å². The van der Waals surface area contributed by atoms with Gasteiger partial charge in [-0.1, -0.05) is 0 Å². The van der Waals surface area contributed by atoms with Crippen LogP contribution >= 0.6 is 0 Å². The molecule has 0 bridgehead atoms. The van der Waals surface area contributed by atoms with Crippen molar-refractivity contribution in [3.63, 3.8) is 0 Å². The third-order valence-corrected chi connectivity index (χ3v) is 4.20. The van der Waals surface area contributed by atoms with E-state index in [1.807, 2.05) is 26.0 Å². The van der Waals surface area contributed by atoms with Crippen LogP contribution in [0.2, 0.25) is 0 Å². The van der Waals surface area contributed by atoms with Gasteiger partial charge in [0, 0.05) is 25.2 Å². The average molecular weight is 279 g/mol. The Bertz CT molecular complexity index is 513. The zero-order valence-corrected chi connectivity index (χ0v) is 12.2. The number of nitrogen functional groups attached to an aromatic ring is 1. The number of aromatic nitrogens is 1. The Hall–Kier alpha value is -1.89. The fourth-order valence-corrected chi connectivity index (χ4v) is 2.73. The van der Waals surface area contributed by atoms with Crippen LogP contribution in [0.3, 0.4) is 0 Å². The standard InChI is InChI=1S/C13H21N5O2/c1-16(2)13(7-4-8-13)9-17(3)12-10(18(19)20)5-6-11(14)15-12/h5-6H,4,7-9H2,1-3H3,(H2,14,15). The van der Waals surface area contributed by atoms with Crippen molar-refractivity contribution < 1.29 is 4.92 Å². The van der Waals surface area contributed by atoms with Gasteiger partial charge in [-0.2, -0.15) is 0 Å². The zero-order chi connectivity index (χ0) is 14.9. The first-order valence-corrected chi connectivity index (χ1v) is 6.65. The quantitative estimate of drug-likeness (QED) is 0.649. The Balaban J connectivity index is 2.27. The van der Waals surface area contributed by atoms with Crippen LogP contribution in [0.25, 0.3) is 0 Å². The number of nitrogens with zero attached hydrogens (tertiary/aromatic N) is 4. The second-order valence-corrected chi connectivity index (χ2v) is 5.66. The summed E-state index contributed by atoms with van der Waals surface area (Å²) in [5.41, 5.74) is 5.74. The van der Waals surface area contributed by atoms with Gasteiger partial charge < -0.3 is 15.5 Å². The van der Waals surface area contributed by atoms with E-state index in [-0.39, 0.29) is 11.2 Å². The van der Waals surface area contributed by atoms with Gasteiger partial charge >= 0.3 is 5.69 Å². The Kier molecular flexibility index (Phi) is 3.80. The van der Waals surface area contributed by atoms with Crippen LogP contribution < -0.4 is 10.6 Å². The molecule has 1 aromatic heterocycles. The lowest BCUT2D eigenvalue weighted by Crippen LogP contribution is -2.56. The largest absolute Gasteiger partial charge is 0.384 e. The average Bonchev–Trinajstić information content (AvgIpc) is 2.32. The van der Waals surface area contributed by atoms with Crippen molar-refractivity contribution in [2.24, 2.45) is 0 Å². The summed E-state index contributed by atoms with van der Waals surface area (Å²) in [5, 5.41) is 11.1. The summed E-state index contributed by atoms with van der Waals surface area (Å²) in [4.78, 5) is 18.9. The van der Waals surface area contributed by atoms with Crippen molar-refractivity contribution in [2.45, 2.75) is 24.8 Å². The van der Waals surface area contributed by atoms with E-state index in [0.717, 1.165) is 12.8 Å². The van der Waals surface area contributed by atoms with Crippen molar-refractivity contribution in [2.75, 3.05) is 38.3 Å².